The van der Waals surface area contributed by atoms with Gasteiger partial charge in [-0.15, -0.1) is 0 Å². The third kappa shape index (κ3) is 2.65. The summed E-state index contributed by atoms with van der Waals surface area (Å²) in [6, 6.07) is 0. The average molecular weight is 266 g/mol. The predicted molar refractivity (Wildman–Crippen MR) is 89.6 cm³/mol. The Balaban J connectivity index is 2.65. The fourth-order valence-corrected chi connectivity index (χ4v) is 2.94. The fourth-order valence-electron chi connectivity index (χ4n) is 2.94. The van der Waals surface area contributed by atoms with Crippen LogP contribution in [0, 0.1) is 5.41 Å². The first-order valence-corrected chi connectivity index (χ1v) is 7.38. The van der Waals surface area contributed by atoms with Gasteiger partial charge in [0.1, 0.15) is 0 Å². The van der Waals surface area contributed by atoms with Crippen LogP contribution < -0.4 is 0 Å². The molecule has 0 spiro atoms. The van der Waals surface area contributed by atoms with Crippen molar-refractivity contribution in [1.82, 2.24) is 0 Å². The largest absolute Gasteiger partial charge is 0.0905 e. The van der Waals surface area contributed by atoms with Crippen molar-refractivity contribution in [3.8, 4) is 0 Å². The lowest BCUT2D eigenvalue weighted by atomic mass is 9.77. The van der Waals surface area contributed by atoms with Gasteiger partial charge in [-0.1, -0.05) is 55.9 Å². The van der Waals surface area contributed by atoms with Gasteiger partial charge < -0.3 is 0 Å². The van der Waals surface area contributed by atoms with E-state index in [1.165, 1.54) is 39.0 Å². The average Bonchev–Trinajstić information content (AvgIpc) is 2.48. The molecule has 0 atom stereocenters. The third-order valence-electron chi connectivity index (χ3n) is 4.14. The molecule has 20 heavy (non-hydrogen) atoms. The zero-order chi connectivity index (χ0) is 15.1. The van der Waals surface area contributed by atoms with Crippen molar-refractivity contribution < 1.29 is 0 Å². The standard InChI is InChI=1S/C20H26/c1-13(2)18-12-16-8-10-20(6,7)11-9-17(16)15(5)19(18)14(3)4/h8-11H,5,12H2,1-4,6-7H3. The minimum Gasteiger partial charge on any atom is -0.0905 e. The molecule has 2 rings (SSSR count). The smallest absolute Gasteiger partial charge is 0.00110 e. The van der Waals surface area contributed by atoms with Crippen LogP contribution in [-0.2, 0) is 0 Å². The summed E-state index contributed by atoms with van der Waals surface area (Å²) in [5, 5.41) is 0. The van der Waals surface area contributed by atoms with E-state index >= 15 is 0 Å². The predicted octanol–water partition coefficient (Wildman–Crippen LogP) is 6.07. The molecule has 0 fully saturated rings. The summed E-state index contributed by atoms with van der Waals surface area (Å²) in [6.07, 6.45) is 10.2. The highest BCUT2D eigenvalue weighted by atomic mass is 14.3. The van der Waals surface area contributed by atoms with Crippen LogP contribution in [0.2, 0.25) is 0 Å². The van der Waals surface area contributed by atoms with Gasteiger partial charge in [0.05, 0.1) is 0 Å². The van der Waals surface area contributed by atoms with Crippen molar-refractivity contribution in [3.05, 3.63) is 69.9 Å². The van der Waals surface area contributed by atoms with Gasteiger partial charge in [-0.3, -0.25) is 0 Å². The van der Waals surface area contributed by atoms with E-state index in [2.05, 4.69) is 72.4 Å². The van der Waals surface area contributed by atoms with E-state index in [9.17, 15) is 0 Å². The van der Waals surface area contributed by atoms with Crippen LogP contribution >= 0.6 is 0 Å². The Bertz CT molecular complexity index is 602. The summed E-state index contributed by atoms with van der Waals surface area (Å²) in [5.74, 6) is 0. The highest BCUT2D eigenvalue weighted by molar-refractivity contribution is 5.68. The molecular formula is C20H26. The van der Waals surface area contributed by atoms with Gasteiger partial charge in [-0.2, -0.15) is 0 Å². The van der Waals surface area contributed by atoms with E-state index in [4.69, 9.17) is 0 Å². The molecule has 2 aliphatic rings. The maximum Gasteiger partial charge on any atom is 0.00110 e. The Morgan fingerprint density at radius 2 is 1.60 bits per heavy atom. The normalized spacial score (nSPS) is 21.0. The van der Waals surface area contributed by atoms with Crippen molar-refractivity contribution in [2.24, 2.45) is 5.41 Å². The summed E-state index contributed by atoms with van der Waals surface area (Å²) < 4.78 is 0. The minimum absolute atomic E-state index is 0.119. The van der Waals surface area contributed by atoms with Crippen molar-refractivity contribution in [2.45, 2.75) is 48.0 Å². The molecule has 0 saturated carbocycles. The van der Waals surface area contributed by atoms with Gasteiger partial charge in [0.15, 0.2) is 0 Å². The molecule has 0 aliphatic heterocycles. The highest BCUT2D eigenvalue weighted by Gasteiger charge is 2.25. The van der Waals surface area contributed by atoms with Crippen molar-refractivity contribution in [3.63, 3.8) is 0 Å². The summed E-state index contributed by atoms with van der Waals surface area (Å²) in [5.41, 5.74) is 9.59. The molecule has 0 aromatic rings. The molecule has 0 aromatic heterocycles. The SMILES string of the molecule is C=C1C2=C(C=CC(C)(C)C=C2)CC(=C(C)C)C1=C(C)C. The Morgan fingerprint density at radius 1 is 1.00 bits per heavy atom. The summed E-state index contributed by atoms with van der Waals surface area (Å²) in [7, 11) is 0. The van der Waals surface area contributed by atoms with E-state index in [1.54, 1.807) is 0 Å². The molecule has 0 bridgehead atoms. The molecule has 0 radical (unpaired) electrons. The van der Waals surface area contributed by atoms with Crippen LogP contribution in [0.15, 0.2) is 69.9 Å². The second-order valence-electron chi connectivity index (χ2n) is 6.94. The summed E-state index contributed by atoms with van der Waals surface area (Å²) >= 11 is 0. The van der Waals surface area contributed by atoms with Crippen LogP contribution in [0.5, 0.6) is 0 Å². The Hall–Kier alpha value is -1.56. The van der Waals surface area contributed by atoms with Crippen molar-refractivity contribution in [2.75, 3.05) is 0 Å². The molecular weight excluding hydrogens is 240 g/mol. The molecule has 0 saturated heterocycles. The van der Waals surface area contributed by atoms with E-state index < -0.39 is 0 Å². The zero-order valence-corrected chi connectivity index (χ0v) is 13.7. The number of rotatable bonds is 0. The first-order valence-electron chi connectivity index (χ1n) is 7.38. The molecule has 0 heterocycles. The first-order chi connectivity index (χ1) is 9.23. The second-order valence-corrected chi connectivity index (χ2v) is 6.94. The van der Waals surface area contributed by atoms with Crippen LogP contribution in [0.25, 0.3) is 0 Å². The number of hydrogen-bond donors (Lipinski definition) is 0. The fraction of sp³-hybridized carbons (Fsp3) is 0.400. The van der Waals surface area contributed by atoms with E-state index in [0.29, 0.717) is 0 Å². The van der Waals surface area contributed by atoms with Crippen molar-refractivity contribution in [1.29, 1.82) is 0 Å². The van der Waals surface area contributed by atoms with E-state index in [0.717, 1.165) is 6.42 Å². The van der Waals surface area contributed by atoms with Gasteiger partial charge in [-0.25, -0.2) is 0 Å². The zero-order valence-electron chi connectivity index (χ0n) is 13.7. The van der Waals surface area contributed by atoms with Crippen molar-refractivity contribution >= 4 is 0 Å². The van der Waals surface area contributed by atoms with E-state index in [-0.39, 0.29) is 5.41 Å². The minimum atomic E-state index is 0.119. The Labute approximate surface area is 124 Å². The van der Waals surface area contributed by atoms with E-state index in [1.807, 2.05) is 0 Å². The van der Waals surface area contributed by atoms with Gasteiger partial charge in [0.2, 0.25) is 0 Å². The highest BCUT2D eigenvalue weighted by Crippen LogP contribution is 2.43. The van der Waals surface area contributed by atoms with Crippen LogP contribution in [0.1, 0.15) is 48.0 Å². The van der Waals surface area contributed by atoms with Gasteiger partial charge in [-0.05, 0) is 62.0 Å². The first kappa shape index (κ1) is 14.8. The quantitative estimate of drug-likeness (QED) is 0.499. The molecule has 0 N–H and O–H groups in total. The lowest BCUT2D eigenvalue weighted by Gasteiger charge is -2.27. The number of hydrogen-bond acceptors (Lipinski definition) is 0. The molecule has 106 valence electrons. The van der Waals surface area contributed by atoms with Crippen LogP contribution in [0.4, 0.5) is 0 Å². The molecule has 0 heteroatoms. The lowest BCUT2D eigenvalue weighted by molar-refractivity contribution is 0.626. The molecule has 0 aromatic carbocycles. The third-order valence-corrected chi connectivity index (χ3v) is 4.14. The molecule has 2 aliphatic carbocycles. The maximum atomic E-state index is 4.39. The summed E-state index contributed by atoms with van der Waals surface area (Å²) in [4.78, 5) is 0. The lowest BCUT2D eigenvalue weighted by Crippen LogP contribution is -2.08. The molecule has 0 amide bonds. The van der Waals surface area contributed by atoms with Crippen LogP contribution in [0.3, 0.4) is 0 Å². The molecule has 0 unspecified atom stereocenters. The Morgan fingerprint density at radius 3 is 2.15 bits per heavy atom. The van der Waals surface area contributed by atoms with Gasteiger partial charge >= 0.3 is 0 Å². The topological polar surface area (TPSA) is 0 Å². The van der Waals surface area contributed by atoms with Crippen LogP contribution in [-0.4, -0.2) is 0 Å². The second kappa shape index (κ2) is 5.09. The Kier molecular flexibility index (Phi) is 3.77. The van der Waals surface area contributed by atoms with Gasteiger partial charge in [0, 0.05) is 5.41 Å². The number of allylic oxidation sites excluding steroid dienone is 11. The van der Waals surface area contributed by atoms with Gasteiger partial charge in [0.25, 0.3) is 0 Å². The summed E-state index contributed by atoms with van der Waals surface area (Å²) in [6.45, 7) is 17.7. The monoisotopic (exact) mass is 266 g/mol. The maximum absolute atomic E-state index is 4.39. The molecule has 0 nitrogen and oxygen atoms in total.